The van der Waals surface area contributed by atoms with E-state index in [1.807, 2.05) is 6.92 Å². The van der Waals surface area contributed by atoms with Gasteiger partial charge in [-0.3, -0.25) is 9.59 Å². The van der Waals surface area contributed by atoms with Crippen molar-refractivity contribution in [3.8, 4) is 0 Å². The highest BCUT2D eigenvalue weighted by Gasteiger charge is 2.12. The Labute approximate surface area is 92.5 Å². The van der Waals surface area contributed by atoms with Crippen molar-refractivity contribution in [2.75, 3.05) is 6.54 Å². The van der Waals surface area contributed by atoms with E-state index < -0.39 is 0 Å². The summed E-state index contributed by atoms with van der Waals surface area (Å²) in [4.78, 5) is 23.1. The summed E-state index contributed by atoms with van der Waals surface area (Å²) in [5, 5.41) is 4.42. The molecule has 0 aliphatic heterocycles. The molecule has 1 rings (SSSR count). The molecule has 1 amide bonds. The van der Waals surface area contributed by atoms with Gasteiger partial charge < -0.3 is 11.1 Å². The summed E-state index contributed by atoms with van der Waals surface area (Å²) >= 11 is 1.26. The average Bonchev–Trinajstić information content (AvgIpc) is 2.66. The highest BCUT2D eigenvalue weighted by molar-refractivity contribution is 7.12. The van der Waals surface area contributed by atoms with Crippen molar-refractivity contribution in [1.82, 2.24) is 5.32 Å². The van der Waals surface area contributed by atoms with E-state index in [2.05, 4.69) is 5.32 Å². The lowest BCUT2D eigenvalue weighted by atomic mass is 10.2. The maximum atomic E-state index is 11.6. The maximum Gasteiger partial charge on any atom is 0.261 e. The van der Waals surface area contributed by atoms with Gasteiger partial charge in [0.2, 0.25) is 0 Å². The van der Waals surface area contributed by atoms with Gasteiger partial charge in [-0.1, -0.05) is 0 Å². The molecule has 1 atom stereocenters. The van der Waals surface area contributed by atoms with Crippen LogP contribution in [0.5, 0.6) is 0 Å². The molecule has 0 aromatic carbocycles. The molecule has 82 valence electrons. The summed E-state index contributed by atoms with van der Waals surface area (Å²) in [6.07, 6.45) is 0. The molecule has 0 aliphatic rings. The van der Waals surface area contributed by atoms with Gasteiger partial charge >= 0.3 is 0 Å². The number of Topliss-reactive ketones (excluding diaryl/α,β-unsaturated/α-hetero) is 1. The number of amides is 1. The van der Waals surface area contributed by atoms with Crippen molar-refractivity contribution in [3.05, 3.63) is 21.9 Å². The van der Waals surface area contributed by atoms with E-state index in [1.165, 1.54) is 18.3 Å². The monoisotopic (exact) mass is 226 g/mol. The minimum Gasteiger partial charge on any atom is -0.348 e. The molecular formula is C10H14N2O2S. The molecule has 3 N–H and O–H groups in total. The highest BCUT2D eigenvalue weighted by Crippen LogP contribution is 2.15. The van der Waals surface area contributed by atoms with Gasteiger partial charge in [0.05, 0.1) is 4.88 Å². The van der Waals surface area contributed by atoms with Gasteiger partial charge in [-0.05, 0) is 19.9 Å². The van der Waals surface area contributed by atoms with E-state index in [0.29, 0.717) is 17.0 Å². The zero-order valence-corrected chi connectivity index (χ0v) is 9.56. The SMILES string of the molecule is CC(=O)c1csc(C(=O)N[C@H](C)CN)c1. The van der Waals surface area contributed by atoms with E-state index in [4.69, 9.17) is 5.73 Å². The van der Waals surface area contributed by atoms with Crippen LogP contribution < -0.4 is 11.1 Å². The van der Waals surface area contributed by atoms with Gasteiger partial charge in [-0.25, -0.2) is 0 Å². The van der Waals surface area contributed by atoms with Gasteiger partial charge in [-0.2, -0.15) is 0 Å². The predicted octanol–water partition coefficient (Wildman–Crippen LogP) is 1.03. The fourth-order valence-corrected chi connectivity index (χ4v) is 1.84. The van der Waals surface area contributed by atoms with Crippen molar-refractivity contribution >= 4 is 23.0 Å². The van der Waals surface area contributed by atoms with Crippen LogP contribution in [0.15, 0.2) is 11.4 Å². The molecule has 0 spiro atoms. The largest absolute Gasteiger partial charge is 0.348 e. The van der Waals surface area contributed by atoms with Crippen LogP contribution in [0.1, 0.15) is 33.9 Å². The molecule has 5 heteroatoms. The van der Waals surface area contributed by atoms with Gasteiger partial charge in [-0.15, -0.1) is 11.3 Å². The van der Waals surface area contributed by atoms with Crippen LogP contribution in [0.4, 0.5) is 0 Å². The van der Waals surface area contributed by atoms with Crippen LogP contribution >= 0.6 is 11.3 Å². The Kier molecular flexibility index (Phi) is 3.99. The summed E-state index contributed by atoms with van der Waals surface area (Å²) in [6, 6.07) is 1.55. The van der Waals surface area contributed by atoms with E-state index in [-0.39, 0.29) is 17.7 Å². The number of carbonyl (C=O) groups excluding carboxylic acids is 2. The molecule has 0 radical (unpaired) electrons. The Morgan fingerprint density at radius 2 is 2.27 bits per heavy atom. The molecule has 4 nitrogen and oxygen atoms in total. The number of hydrogen-bond acceptors (Lipinski definition) is 4. The van der Waals surface area contributed by atoms with Crippen molar-refractivity contribution in [3.63, 3.8) is 0 Å². The predicted molar refractivity (Wildman–Crippen MR) is 60.3 cm³/mol. The number of nitrogens with two attached hydrogens (primary N) is 1. The second kappa shape index (κ2) is 5.04. The van der Waals surface area contributed by atoms with Crippen LogP contribution in [0.3, 0.4) is 0 Å². The van der Waals surface area contributed by atoms with Crippen molar-refractivity contribution in [2.45, 2.75) is 19.9 Å². The summed E-state index contributed by atoms with van der Waals surface area (Å²) < 4.78 is 0. The first kappa shape index (κ1) is 11.9. The number of hydrogen-bond donors (Lipinski definition) is 2. The third kappa shape index (κ3) is 3.14. The summed E-state index contributed by atoms with van der Waals surface area (Å²) in [7, 11) is 0. The molecule has 1 heterocycles. The Morgan fingerprint density at radius 1 is 1.60 bits per heavy atom. The average molecular weight is 226 g/mol. The minimum atomic E-state index is -0.176. The van der Waals surface area contributed by atoms with Crippen LogP contribution in [0.2, 0.25) is 0 Å². The maximum absolute atomic E-state index is 11.6. The summed E-state index contributed by atoms with van der Waals surface area (Å²) in [6.45, 7) is 3.71. The number of carbonyl (C=O) groups is 2. The Balaban J connectivity index is 2.70. The fourth-order valence-electron chi connectivity index (χ4n) is 0.994. The normalized spacial score (nSPS) is 12.2. The van der Waals surface area contributed by atoms with Gasteiger partial charge in [0.15, 0.2) is 5.78 Å². The summed E-state index contributed by atoms with van der Waals surface area (Å²) in [5.41, 5.74) is 5.96. The fraction of sp³-hybridized carbons (Fsp3) is 0.400. The quantitative estimate of drug-likeness (QED) is 0.753. The number of ketones is 1. The van der Waals surface area contributed by atoms with Gasteiger partial charge in [0, 0.05) is 23.5 Å². The Morgan fingerprint density at radius 3 is 2.73 bits per heavy atom. The lowest BCUT2D eigenvalue weighted by Crippen LogP contribution is -2.37. The molecule has 0 aliphatic carbocycles. The van der Waals surface area contributed by atoms with Crippen molar-refractivity contribution < 1.29 is 9.59 Å². The van der Waals surface area contributed by atoms with Gasteiger partial charge in [0.25, 0.3) is 5.91 Å². The first-order valence-electron chi connectivity index (χ1n) is 4.65. The molecule has 1 aromatic rings. The highest BCUT2D eigenvalue weighted by atomic mass is 32.1. The molecule has 0 saturated carbocycles. The molecule has 0 bridgehead atoms. The zero-order valence-electron chi connectivity index (χ0n) is 8.74. The van der Waals surface area contributed by atoms with Crippen LogP contribution in [-0.4, -0.2) is 24.3 Å². The molecule has 0 saturated heterocycles. The minimum absolute atomic E-state index is 0.0304. The van der Waals surface area contributed by atoms with Crippen LogP contribution in [0.25, 0.3) is 0 Å². The third-order valence-corrected chi connectivity index (χ3v) is 2.89. The van der Waals surface area contributed by atoms with E-state index in [1.54, 1.807) is 11.4 Å². The molecule has 0 fully saturated rings. The Hall–Kier alpha value is -1.20. The van der Waals surface area contributed by atoms with Crippen LogP contribution in [-0.2, 0) is 0 Å². The first-order valence-corrected chi connectivity index (χ1v) is 5.53. The van der Waals surface area contributed by atoms with Gasteiger partial charge in [0.1, 0.15) is 0 Å². The smallest absolute Gasteiger partial charge is 0.261 e. The van der Waals surface area contributed by atoms with Crippen molar-refractivity contribution in [1.29, 1.82) is 0 Å². The Bertz CT molecular complexity index is 373. The van der Waals surface area contributed by atoms with Crippen LogP contribution in [0, 0.1) is 0 Å². The molecule has 15 heavy (non-hydrogen) atoms. The summed E-state index contributed by atoms with van der Waals surface area (Å²) in [5.74, 6) is -0.206. The second-order valence-electron chi connectivity index (χ2n) is 3.37. The first-order chi connectivity index (χ1) is 7.04. The standard InChI is InChI=1S/C10H14N2O2S/c1-6(4-11)12-10(14)9-3-8(5-15-9)7(2)13/h3,5-6H,4,11H2,1-2H3,(H,12,14)/t6-/m1/s1. The number of thiophene rings is 1. The molecule has 1 aromatic heterocycles. The van der Waals surface area contributed by atoms with E-state index >= 15 is 0 Å². The lowest BCUT2D eigenvalue weighted by molar-refractivity contribution is 0.0945. The zero-order chi connectivity index (χ0) is 11.4. The number of rotatable bonds is 4. The van der Waals surface area contributed by atoms with E-state index in [0.717, 1.165) is 0 Å². The van der Waals surface area contributed by atoms with E-state index in [9.17, 15) is 9.59 Å². The topological polar surface area (TPSA) is 72.2 Å². The second-order valence-corrected chi connectivity index (χ2v) is 4.28. The molecular weight excluding hydrogens is 212 g/mol. The lowest BCUT2D eigenvalue weighted by Gasteiger charge is -2.09. The van der Waals surface area contributed by atoms with Crippen molar-refractivity contribution in [2.24, 2.45) is 5.73 Å². The number of nitrogens with one attached hydrogen (secondary N) is 1. The molecule has 0 unspecified atom stereocenters. The third-order valence-electron chi connectivity index (χ3n) is 1.96.